The molecule has 0 heterocycles. The van der Waals surface area contributed by atoms with Crippen molar-refractivity contribution in [1.29, 1.82) is 0 Å². The quantitative estimate of drug-likeness (QED) is 0.832. The molecule has 138 valence electrons. The molecule has 2 rings (SSSR count). The van der Waals surface area contributed by atoms with Gasteiger partial charge in [-0.25, -0.2) is 9.59 Å². The Balaban J connectivity index is 2.14. The zero-order chi connectivity index (χ0) is 19.3. The molecule has 0 aromatic heterocycles. The van der Waals surface area contributed by atoms with Crippen molar-refractivity contribution >= 4 is 12.1 Å². The lowest BCUT2D eigenvalue weighted by Crippen LogP contribution is -2.46. The Hall–Kier alpha value is -2.82. The van der Waals surface area contributed by atoms with Gasteiger partial charge in [0.1, 0.15) is 11.6 Å². The molecule has 0 aliphatic carbocycles. The maximum absolute atomic E-state index is 12.0. The van der Waals surface area contributed by atoms with Crippen molar-refractivity contribution in [1.82, 2.24) is 5.32 Å². The Morgan fingerprint density at radius 1 is 0.962 bits per heavy atom. The number of carboxylic acids is 1. The lowest BCUT2D eigenvalue weighted by Gasteiger charge is -2.25. The van der Waals surface area contributed by atoms with E-state index < -0.39 is 29.6 Å². The van der Waals surface area contributed by atoms with E-state index in [1.165, 1.54) is 0 Å². The monoisotopic (exact) mass is 355 g/mol. The molecule has 0 fully saturated rings. The van der Waals surface area contributed by atoms with Crippen LogP contribution in [0.5, 0.6) is 0 Å². The first-order valence-electron chi connectivity index (χ1n) is 8.55. The van der Waals surface area contributed by atoms with Crippen molar-refractivity contribution < 1.29 is 19.4 Å². The van der Waals surface area contributed by atoms with E-state index >= 15 is 0 Å². The van der Waals surface area contributed by atoms with Gasteiger partial charge >= 0.3 is 12.1 Å². The van der Waals surface area contributed by atoms with Crippen LogP contribution in [0.15, 0.2) is 54.6 Å². The van der Waals surface area contributed by atoms with Crippen molar-refractivity contribution in [2.75, 3.05) is 0 Å². The van der Waals surface area contributed by atoms with Gasteiger partial charge in [-0.05, 0) is 37.5 Å². The summed E-state index contributed by atoms with van der Waals surface area (Å²) in [6, 6.07) is 16.5. The molecule has 5 nitrogen and oxygen atoms in total. The van der Waals surface area contributed by atoms with Gasteiger partial charge in [0.05, 0.1) is 0 Å². The molecule has 5 heteroatoms. The van der Waals surface area contributed by atoms with Crippen LogP contribution in [-0.4, -0.2) is 28.8 Å². The lowest BCUT2D eigenvalue weighted by molar-refractivity contribution is -0.140. The van der Waals surface area contributed by atoms with E-state index in [0.29, 0.717) is 0 Å². The summed E-state index contributed by atoms with van der Waals surface area (Å²) in [4.78, 5) is 23.6. The van der Waals surface area contributed by atoms with Crippen LogP contribution in [0, 0.1) is 0 Å². The van der Waals surface area contributed by atoms with E-state index in [1.807, 2.05) is 54.6 Å². The number of ether oxygens (including phenoxy) is 1. The molecule has 0 aliphatic heterocycles. The van der Waals surface area contributed by atoms with Crippen molar-refractivity contribution in [3.05, 3.63) is 60.2 Å². The maximum Gasteiger partial charge on any atom is 0.408 e. The third-order valence-corrected chi connectivity index (χ3v) is 3.98. The maximum atomic E-state index is 12.0. The molecule has 0 saturated carbocycles. The number of carbonyl (C=O) groups is 2. The van der Waals surface area contributed by atoms with Gasteiger partial charge < -0.3 is 15.2 Å². The molecular weight excluding hydrogens is 330 g/mol. The SMILES string of the molecule is CC(c1ccc(-c2ccccc2)cc1)C(NC(=O)OC(C)(C)C)C(=O)O. The number of aliphatic carboxylic acids is 1. The van der Waals surface area contributed by atoms with Crippen LogP contribution >= 0.6 is 0 Å². The highest BCUT2D eigenvalue weighted by molar-refractivity contribution is 5.81. The van der Waals surface area contributed by atoms with E-state index in [1.54, 1.807) is 27.7 Å². The summed E-state index contributed by atoms with van der Waals surface area (Å²) in [5, 5.41) is 12.0. The van der Waals surface area contributed by atoms with Gasteiger partial charge in [0, 0.05) is 5.92 Å². The third-order valence-electron chi connectivity index (χ3n) is 3.98. The molecule has 26 heavy (non-hydrogen) atoms. The van der Waals surface area contributed by atoms with Crippen molar-refractivity contribution in [3.63, 3.8) is 0 Å². The Morgan fingerprint density at radius 2 is 1.50 bits per heavy atom. The summed E-state index contributed by atoms with van der Waals surface area (Å²) in [5.74, 6) is -1.51. The third kappa shape index (κ3) is 5.34. The number of nitrogens with one attached hydrogen (secondary N) is 1. The molecule has 0 aliphatic rings. The van der Waals surface area contributed by atoms with Gasteiger partial charge in [-0.1, -0.05) is 61.5 Å². The number of carboxylic acid groups (broad SMARTS) is 1. The van der Waals surface area contributed by atoms with Crippen molar-refractivity contribution in [2.24, 2.45) is 0 Å². The molecule has 2 N–H and O–H groups in total. The molecule has 2 aromatic rings. The zero-order valence-electron chi connectivity index (χ0n) is 15.5. The molecule has 1 amide bonds. The fourth-order valence-corrected chi connectivity index (χ4v) is 2.64. The fraction of sp³-hybridized carbons (Fsp3) is 0.333. The molecule has 0 saturated heterocycles. The number of hydrogen-bond donors (Lipinski definition) is 2. The average molecular weight is 355 g/mol. The van der Waals surface area contributed by atoms with Crippen LogP contribution in [0.4, 0.5) is 4.79 Å². The zero-order valence-corrected chi connectivity index (χ0v) is 15.5. The second-order valence-electron chi connectivity index (χ2n) is 7.24. The number of hydrogen-bond acceptors (Lipinski definition) is 3. The average Bonchev–Trinajstić information content (AvgIpc) is 2.58. The van der Waals surface area contributed by atoms with Gasteiger partial charge in [-0.3, -0.25) is 0 Å². The van der Waals surface area contributed by atoms with Crippen LogP contribution in [0.1, 0.15) is 39.2 Å². The van der Waals surface area contributed by atoms with Gasteiger partial charge in [0.15, 0.2) is 0 Å². The molecule has 0 spiro atoms. The first-order chi connectivity index (χ1) is 12.2. The van der Waals surface area contributed by atoms with Gasteiger partial charge in [0.25, 0.3) is 0 Å². The van der Waals surface area contributed by atoms with Crippen LogP contribution < -0.4 is 5.32 Å². The predicted octanol–water partition coefficient (Wildman–Crippen LogP) is 4.44. The van der Waals surface area contributed by atoms with E-state index in [-0.39, 0.29) is 0 Å². The highest BCUT2D eigenvalue weighted by Gasteiger charge is 2.29. The van der Waals surface area contributed by atoms with Gasteiger partial charge in [-0.2, -0.15) is 0 Å². The number of amides is 1. The summed E-state index contributed by atoms with van der Waals surface area (Å²) >= 11 is 0. The lowest BCUT2D eigenvalue weighted by atomic mass is 9.92. The summed E-state index contributed by atoms with van der Waals surface area (Å²) < 4.78 is 5.17. The predicted molar refractivity (Wildman–Crippen MR) is 101 cm³/mol. The molecule has 2 unspecified atom stereocenters. The minimum absolute atomic E-state index is 0.412. The van der Waals surface area contributed by atoms with E-state index in [4.69, 9.17) is 4.74 Å². The van der Waals surface area contributed by atoms with Crippen LogP contribution in [-0.2, 0) is 9.53 Å². The van der Waals surface area contributed by atoms with Crippen molar-refractivity contribution in [2.45, 2.75) is 45.3 Å². The van der Waals surface area contributed by atoms with E-state index in [9.17, 15) is 14.7 Å². The number of benzene rings is 2. The number of alkyl carbamates (subject to hydrolysis) is 1. The Labute approximate surface area is 154 Å². The first kappa shape index (κ1) is 19.5. The second kappa shape index (κ2) is 8.04. The molecule has 2 atom stereocenters. The Morgan fingerprint density at radius 3 is 2.00 bits per heavy atom. The van der Waals surface area contributed by atoms with Crippen LogP contribution in [0.2, 0.25) is 0 Å². The topological polar surface area (TPSA) is 75.6 Å². The molecule has 0 radical (unpaired) electrons. The minimum Gasteiger partial charge on any atom is -0.480 e. The highest BCUT2D eigenvalue weighted by Crippen LogP contribution is 2.25. The summed E-state index contributed by atoms with van der Waals surface area (Å²) in [7, 11) is 0. The highest BCUT2D eigenvalue weighted by atomic mass is 16.6. The van der Waals surface area contributed by atoms with E-state index in [0.717, 1.165) is 16.7 Å². The second-order valence-corrected chi connectivity index (χ2v) is 7.24. The smallest absolute Gasteiger partial charge is 0.408 e. The summed E-state index contributed by atoms with van der Waals surface area (Å²) in [6.45, 7) is 6.96. The van der Waals surface area contributed by atoms with Gasteiger partial charge in [-0.15, -0.1) is 0 Å². The minimum atomic E-state index is -1.10. The number of carbonyl (C=O) groups excluding carboxylic acids is 1. The largest absolute Gasteiger partial charge is 0.480 e. The molecular formula is C21H25NO4. The number of rotatable bonds is 5. The summed E-state index contributed by atoms with van der Waals surface area (Å²) in [6.07, 6.45) is -0.738. The van der Waals surface area contributed by atoms with Crippen molar-refractivity contribution in [3.8, 4) is 11.1 Å². The first-order valence-corrected chi connectivity index (χ1v) is 8.55. The van der Waals surface area contributed by atoms with Crippen LogP contribution in [0.3, 0.4) is 0 Å². The van der Waals surface area contributed by atoms with E-state index in [2.05, 4.69) is 5.32 Å². The Kier molecular flexibility index (Phi) is 6.03. The normalized spacial score (nSPS) is 13.5. The van der Waals surface area contributed by atoms with Gasteiger partial charge in [0.2, 0.25) is 0 Å². The summed E-state index contributed by atoms with van der Waals surface area (Å²) in [5.41, 5.74) is 2.28. The molecule has 0 bridgehead atoms. The Bertz CT molecular complexity index is 748. The standard InChI is InChI=1S/C21H25NO4/c1-14(18(19(23)24)22-20(25)26-21(2,3)4)15-10-12-17(13-11-15)16-8-6-5-7-9-16/h5-14,18H,1-4H3,(H,22,25)(H,23,24). The van der Waals surface area contributed by atoms with Crippen LogP contribution in [0.25, 0.3) is 11.1 Å². The fourth-order valence-electron chi connectivity index (χ4n) is 2.64. The molecule has 2 aromatic carbocycles.